The highest BCUT2D eigenvalue weighted by molar-refractivity contribution is 7.99. The van der Waals surface area contributed by atoms with Gasteiger partial charge in [0.25, 0.3) is 0 Å². The van der Waals surface area contributed by atoms with Crippen molar-refractivity contribution in [2.24, 2.45) is 0 Å². The maximum atomic E-state index is 11.2. The molecule has 0 spiro atoms. The number of hydrogen-bond donors (Lipinski definition) is 0. The van der Waals surface area contributed by atoms with Crippen molar-refractivity contribution >= 4 is 40.9 Å². The number of benzene rings is 1. The molecule has 1 heterocycles. The zero-order valence-electron chi connectivity index (χ0n) is 11.1. The molecule has 0 bridgehead atoms. The van der Waals surface area contributed by atoms with Gasteiger partial charge in [-0.05, 0) is 25.1 Å². The standard InChI is InChI=1S/C13H12Cl2N2O3S/c1-2-19-12(18)7-21-6-11-16-13(17-20-11)9-4-3-8(14)5-10(9)15/h3-5H,2,6-7H2,1H3. The first-order valence-corrected chi connectivity index (χ1v) is 8.02. The first kappa shape index (κ1) is 16.1. The van der Waals surface area contributed by atoms with E-state index in [1.54, 1.807) is 25.1 Å². The highest BCUT2D eigenvalue weighted by Gasteiger charge is 2.13. The summed E-state index contributed by atoms with van der Waals surface area (Å²) < 4.78 is 9.95. The van der Waals surface area contributed by atoms with Crippen molar-refractivity contribution in [2.45, 2.75) is 12.7 Å². The van der Waals surface area contributed by atoms with Crippen LogP contribution in [0.15, 0.2) is 22.7 Å². The second kappa shape index (κ2) is 7.68. The smallest absolute Gasteiger partial charge is 0.315 e. The predicted octanol–water partition coefficient (Wildman–Crippen LogP) is 3.84. The minimum Gasteiger partial charge on any atom is -0.465 e. The summed E-state index contributed by atoms with van der Waals surface area (Å²) in [6.07, 6.45) is 0. The van der Waals surface area contributed by atoms with E-state index in [1.165, 1.54) is 11.8 Å². The summed E-state index contributed by atoms with van der Waals surface area (Å²) in [5, 5.41) is 4.86. The van der Waals surface area contributed by atoms with Gasteiger partial charge in [-0.25, -0.2) is 0 Å². The molecule has 0 unspecified atom stereocenters. The highest BCUT2D eigenvalue weighted by Crippen LogP contribution is 2.28. The molecule has 8 heteroatoms. The van der Waals surface area contributed by atoms with Crippen LogP contribution in [-0.4, -0.2) is 28.5 Å². The monoisotopic (exact) mass is 346 g/mol. The average Bonchev–Trinajstić information content (AvgIpc) is 2.87. The van der Waals surface area contributed by atoms with Crippen LogP contribution in [0.4, 0.5) is 0 Å². The number of ether oxygens (including phenoxy) is 1. The minimum atomic E-state index is -0.261. The number of rotatable bonds is 6. The van der Waals surface area contributed by atoms with Crippen LogP contribution in [0.1, 0.15) is 12.8 Å². The quantitative estimate of drug-likeness (QED) is 0.740. The average molecular weight is 347 g/mol. The van der Waals surface area contributed by atoms with E-state index in [9.17, 15) is 4.79 Å². The van der Waals surface area contributed by atoms with Gasteiger partial charge in [0.15, 0.2) is 0 Å². The third-order valence-corrected chi connectivity index (χ3v) is 3.83. The lowest BCUT2D eigenvalue weighted by molar-refractivity contribution is -0.139. The van der Waals surface area contributed by atoms with Crippen molar-refractivity contribution in [3.63, 3.8) is 0 Å². The van der Waals surface area contributed by atoms with Crippen LogP contribution in [0.2, 0.25) is 10.0 Å². The van der Waals surface area contributed by atoms with E-state index in [4.69, 9.17) is 32.5 Å². The van der Waals surface area contributed by atoms with Crippen molar-refractivity contribution in [2.75, 3.05) is 12.4 Å². The second-order valence-corrected chi connectivity index (χ2v) is 5.76. The zero-order valence-corrected chi connectivity index (χ0v) is 13.5. The van der Waals surface area contributed by atoms with E-state index in [2.05, 4.69) is 10.1 Å². The summed E-state index contributed by atoms with van der Waals surface area (Å²) in [6, 6.07) is 5.04. The van der Waals surface area contributed by atoms with E-state index in [1.807, 2.05) is 0 Å². The van der Waals surface area contributed by atoms with Gasteiger partial charge < -0.3 is 9.26 Å². The third-order valence-electron chi connectivity index (χ3n) is 2.39. The molecular weight excluding hydrogens is 335 g/mol. The summed E-state index contributed by atoms with van der Waals surface area (Å²) >= 11 is 13.3. The van der Waals surface area contributed by atoms with Gasteiger partial charge in [0.05, 0.1) is 23.1 Å². The van der Waals surface area contributed by atoms with Crippen LogP contribution in [-0.2, 0) is 15.3 Å². The first-order chi connectivity index (χ1) is 10.1. The Hall–Kier alpha value is -1.24. The molecule has 0 fully saturated rings. The molecule has 0 aliphatic heterocycles. The lowest BCUT2D eigenvalue weighted by Gasteiger charge is -1.99. The van der Waals surface area contributed by atoms with Crippen molar-refractivity contribution in [3.05, 3.63) is 34.1 Å². The van der Waals surface area contributed by atoms with Gasteiger partial charge in [-0.1, -0.05) is 28.4 Å². The lowest BCUT2D eigenvalue weighted by Crippen LogP contribution is -2.06. The molecule has 0 amide bonds. The fraction of sp³-hybridized carbons (Fsp3) is 0.308. The van der Waals surface area contributed by atoms with Gasteiger partial charge in [-0.2, -0.15) is 4.98 Å². The Morgan fingerprint density at radius 1 is 1.43 bits per heavy atom. The van der Waals surface area contributed by atoms with Crippen LogP contribution in [0.3, 0.4) is 0 Å². The predicted molar refractivity (Wildman–Crippen MR) is 82.5 cm³/mol. The number of carbonyl (C=O) groups is 1. The molecule has 0 saturated heterocycles. The molecule has 0 aliphatic rings. The Morgan fingerprint density at radius 2 is 2.24 bits per heavy atom. The summed E-state index contributed by atoms with van der Waals surface area (Å²) in [6.45, 7) is 2.14. The van der Waals surface area contributed by atoms with Gasteiger partial charge in [0.1, 0.15) is 0 Å². The van der Waals surface area contributed by atoms with E-state index >= 15 is 0 Å². The van der Waals surface area contributed by atoms with Crippen molar-refractivity contribution < 1.29 is 14.1 Å². The summed E-state index contributed by atoms with van der Waals surface area (Å²) in [4.78, 5) is 15.4. The van der Waals surface area contributed by atoms with Crippen molar-refractivity contribution in [1.29, 1.82) is 0 Å². The number of nitrogens with zero attached hydrogens (tertiary/aromatic N) is 2. The zero-order chi connectivity index (χ0) is 15.2. The van der Waals surface area contributed by atoms with Crippen LogP contribution in [0.25, 0.3) is 11.4 Å². The Labute approximate surface area is 136 Å². The number of thioether (sulfide) groups is 1. The number of carbonyl (C=O) groups excluding carboxylic acids is 1. The number of esters is 1. The maximum Gasteiger partial charge on any atom is 0.315 e. The molecule has 0 aliphatic carbocycles. The fourth-order valence-electron chi connectivity index (χ4n) is 1.52. The first-order valence-electron chi connectivity index (χ1n) is 6.11. The lowest BCUT2D eigenvalue weighted by atomic mass is 10.2. The molecule has 0 atom stereocenters. The van der Waals surface area contributed by atoms with Gasteiger partial charge >= 0.3 is 5.97 Å². The third kappa shape index (κ3) is 4.62. The Kier molecular flexibility index (Phi) is 5.90. The minimum absolute atomic E-state index is 0.243. The summed E-state index contributed by atoms with van der Waals surface area (Å²) in [5.74, 6) is 1.22. The van der Waals surface area contributed by atoms with Gasteiger partial charge in [-0.15, -0.1) is 11.8 Å². The molecule has 0 radical (unpaired) electrons. The van der Waals surface area contributed by atoms with Crippen LogP contribution < -0.4 is 0 Å². The molecule has 0 saturated carbocycles. The van der Waals surface area contributed by atoms with E-state index in [0.717, 1.165) is 0 Å². The van der Waals surface area contributed by atoms with E-state index in [0.29, 0.717) is 39.7 Å². The van der Waals surface area contributed by atoms with Crippen LogP contribution >= 0.6 is 35.0 Å². The largest absolute Gasteiger partial charge is 0.465 e. The van der Waals surface area contributed by atoms with Crippen LogP contribution in [0.5, 0.6) is 0 Å². The molecule has 21 heavy (non-hydrogen) atoms. The number of aromatic nitrogens is 2. The fourth-order valence-corrected chi connectivity index (χ4v) is 2.65. The SMILES string of the molecule is CCOC(=O)CSCc1nc(-c2ccc(Cl)cc2Cl)no1. The summed E-state index contributed by atoms with van der Waals surface area (Å²) in [7, 11) is 0. The van der Waals surface area contributed by atoms with Gasteiger partial charge in [0.2, 0.25) is 11.7 Å². The van der Waals surface area contributed by atoms with Gasteiger partial charge in [0, 0.05) is 10.6 Å². The molecule has 5 nitrogen and oxygen atoms in total. The number of hydrogen-bond acceptors (Lipinski definition) is 6. The molecule has 1 aromatic carbocycles. The van der Waals surface area contributed by atoms with Crippen molar-refractivity contribution in [3.8, 4) is 11.4 Å². The maximum absolute atomic E-state index is 11.2. The molecular formula is C13H12Cl2N2O3S. The molecule has 2 aromatic rings. The van der Waals surface area contributed by atoms with E-state index < -0.39 is 0 Å². The molecule has 1 aromatic heterocycles. The number of halogens is 2. The Morgan fingerprint density at radius 3 is 2.95 bits per heavy atom. The van der Waals surface area contributed by atoms with Gasteiger partial charge in [-0.3, -0.25) is 4.79 Å². The second-order valence-electron chi connectivity index (χ2n) is 3.93. The molecule has 2 rings (SSSR count). The van der Waals surface area contributed by atoms with Crippen LogP contribution in [0, 0.1) is 0 Å². The Bertz CT molecular complexity index is 634. The van der Waals surface area contributed by atoms with Crippen molar-refractivity contribution in [1.82, 2.24) is 10.1 Å². The normalized spacial score (nSPS) is 10.6. The van der Waals surface area contributed by atoms with E-state index in [-0.39, 0.29) is 11.7 Å². The highest BCUT2D eigenvalue weighted by atomic mass is 35.5. The topological polar surface area (TPSA) is 65.2 Å². The molecule has 0 N–H and O–H groups in total. The molecule has 112 valence electrons. The summed E-state index contributed by atoms with van der Waals surface area (Å²) in [5.41, 5.74) is 0.645. The Balaban J connectivity index is 1.96.